The number of quaternary nitrogens is 1. The maximum Gasteiger partial charge on any atom is 0.317 e. The second-order valence-corrected chi connectivity index (χ2v) is 6.47. The number of nitrogens with one attached hydrogen (secondary N) is 1. The van der Waals surface area contributed by atoms with Crippen LogP contribution in [0.5, 0.6) is 0 Å². The summed E-state index contributed by atoms with van der Waals surface area (Å²) in [4.78, 5) is 17.0. The normalized spacial score (nSPS) is 26.8. The van der Waals surface area contributed by atoms with Crippen molar-refractivity contribution in [1.29, 1.82) is 0 Å². The van der Waals surface area contributed by atoms with Crippen LogP contribution in [-0.2, 0) is 4.79 Å². The number of fused-ring (bicyclic) bond motifs is 1. The van der Waals surface area contributed by atoms with Gasteiger partial charge >= 0.3 is 5.91 Å². The van der Waals surface area contributed by atoms with Crippen molar-refractivity contribution in [3.05, 3.63) is 24.3 Å². The minimum atomic E-state index is 0.207. The number of amides is 1. The van der Waals surface area contributed by atoms with E-state index in [0.717, 1.165) is 41.3 Å². The van der Waals surface area contributed by atoms with Crippen LogP contribution < -0.4 is 9.80 Å². The van der Waals surface area contributed by atoms with Crippen molar-refractivity contribution in [1.82, 2.24) is 14.8 Å². The van der Waals surface area contributed by atoms with Crippen LogP contribution in [0.4, 0.5) is 5.13 Å². The van der Waals surface area contributed by atoms with Gasteiger partial charge in [0.25, 0.3) is 5.13 Å². The van der Waals surface area contributed by atoms with Crippen molar-refractivity contribution in [2.75, 3.05) is 20.1 Å². The molecule has 0 spiro atoms. The lowest BCUT2D eigenvalue weighted by atomic mass is 10.0. The molecule has 5 heteroatoms. The molecule has 0 aliphatic carbocycles. The van der Waals surface area contributed by atoms with Gasteiger partial charge in [0.1, 0.15) is 0 Å². The number of rotatable bonds is 2. The molecule has 0 unspecified atom stereocenters. The topological polar surface area (TPSA) is 42.0 Å². The predicted octanol–water partition coefficient (Wildman–Crippen LogP) is 2.53. The molecule has 1 aromatic heterocycles. The Kier molecular flexibility index (Phi) is 3.58. The summed E-state index contributed by atoms with van der Waals surface area (Å²) in [5.41, 5.74) is 1.00. The van der Waals surface area contributed by atoms with E-state index in [-0.39, 0.29) is 5.91 Å². The lowest BCUT2D eigenvalue weighted by Crippen LogP contribution is -2.59. The molecule has 0 radical (unpaired) electrons. The van der Waals surface area contributed by atoms with Crippen LogP contribution in [0.15, 0.2) is 24.3 Å². The molecule has 1 aliphatic heterocycles. The molecule has 2 heterocycles. The minimum absolute atomic E-state index is 0.207. The van der Waals surface area contributed by atoms with Gasteiger partial charge in [-0.3, -0.25) is 0 Å². The highest BCUT2D eigenvalue weighted by atomic mass is 32.1. The van der Waals surface area contributed by atoms with E-state index in [9.17, 15) is 4.79 Å². The van der Waals surface area contributed by atoms with Crippen molar-refractivity contribution in [2.45, 2.75) is 25.8 Å². The predicted molar refractivity (Wildman–Crippen MR) is 83.9 cm³/mol. The molecule has 20 heavy (non-hydrogen) atoms. The van der Waals surface area contributed by atoms with E-state index < -0.39 is 0 Å². The molecule has 3 rings (SSSR count). The molecule has 1 N–H and O–H groups in total. The van der Waals surface area contributed by atoms with Gasteiger partial charge in [0.2, 0.25) is 0 Å². The number of nitrogens with zero attached hydrogens (tertiary/aromatic N) is 2. The Morgan fingerprint density at radius 3 is 2.65 bits per heavy atom. The molecule has 0 atom stereocenters. The number of carbonyl (C=O) groups is 1. The molecular weight excluding hydrogens is 270 g/mol. The number of thiazole rings is 1. The average molecular weight is 290 g/mol. The van der Waals surface area contributed by atoms with E-state index in [1.807, 2.05) is 25.2 Å². The van der Waals surface area contributed by atoms with Crippen molar-refractivity contribution in [3.8, 4) is 0 Å². The Bertz CT molecular complexity index is 596. The van der Waals surface area contributed by atoms with Gasteiger partial charge in [-0.05, 0) is 19.2 Å². The second-order valence-electron chi connectivity index (χ2n) is 5.46. The summed E-state index contributed by atoms with van der Waals surface area (Å²) in [7, 11) is 2.00. The summed E-state index contributed by atoms with van der Waals surface area (Å²) in [6.07, 6.45) is 2.04. The molecule has 106 valence electrons. The maximum absolute atomic E-state index is 12.3. The monoisotopic (exact) mass is 290 g/mol. The fraction of sp³-hybridized carbons (Fsp3) is 0.467. The molecule has 4 nitrogen and oxygen atoms in total. The van der Waals surface area contributed by atoms with Crippen LogP contribution in [-0.4, -0.2) is 37.1 Å². The first kappa shape index (κ1) is 13.7. The van der Waals surface area contributed by atoms with Gasteiger partial charge in [-0.25, -0.2) is 9.28 Å². The SMILES string of the molecule is CNC1CC[N+](C(C)=O)(c2nc3ccccc3s2)CC1. The van der Waals surface area contributed by atoms with Crippen molar-refractivity contribution < 1.29 is 4.79 Å². The molecule has 1 fully saturated rings. The summed E-state index contributed by atoms with van der Waals surface area (Å²) in [5, 5.41) is 4.27. The van der Waals surface area contributed by atoms with E-state index in [4.69, 9.17) is 4.98 Å². The van der Waals surface area contributed by atoms with Gasteiger partial charge in [-0.1, -0.05) is 23.5 Å². The zero-order valence-electron chi connectivity index (χ0n) is 11.9. The second kappa shape index (κ2) is 5.24. The van der Waals surface area contributed by atoms with Crippen LogP contribution in [0.2, 0.25) is 0 Å². The van der Waals surface area contributed by atoms with E-state index in [1.54, 1.807) is 18.3 Å². The van der Waals surface area contributed by atoms with Crippen LogP contribution >= 0.6 is 11.3 Å². The summed E-state index contributed by atoms with van der Waals surface area (Å²) >= 11 is 1.66. The Labute approximate surface area is 123 Å². The van der Waals surface area contributed by atoms with Gasteiger partial charge in [0.15, 0.2) is 0 Å². The van der Waals surface area contributed by atoms with Gasteiger partial charge in [-0.15, -0.1) is 0 Å². The zero-order chi connectivity index (χ0) is 14.2. The van der Waals surface area contributed by atoms with Gasteiger partial charge < -0.3 is 5.32 Å². The quantitative estimate of drug-likeness (QED) is 0.864. The minimum Gasteiger partial charge on any atom is -0.317 e. The highest BCUT2D eigenvalue weighted by Crippen LogP contribution is 2.36. The fourth-order valence-corrected chi connectivity index (χ4v) is 4.17. The molecular formula is C15H20N3OS+. The molecule has 1 aromatic carbocycles. The Hall–Kier alpha value is -1.30. The van der Waals surface area contributed by atoms with Gasteiger partial charge in [0, 0.05) is 18.9 Å². The van der Waals surface area contributed by atoms with Gasteiger partial charge in [0.05, 0.1) is 30.2 Å². The number of likely N-dealkylation sites (tertiary alicyclic amines) is 1. The number of carbonyl (C=O) groups excluding carboxylic acids is 1. The third-order valence-corrected chi connectivity index (χ3v) is 5.57. The lowest BCUT2D eigenvalue weighted by molar-refractivity contribution is -0.129. The third-order valence-electron chi connectivity index (χ3n) is 4.38. The molecule has 1 amide bonds. The summed E-state index contributed by atoms with van der Waals surface area (Å²) in [6, 6.07) is 8.64. The van der Waals surface area contributed by atoms with Crippen LogP contribution in [0.1, 0.15) is 19.8 Å². The number of benzene rings is 1. The first-order chi connectivity index (χ1) is 9.65. The highest BCUT2D eigenvalue weighted by Gasteiger charge is 2.42. The standard InChI is InChI=1S/C15H20N3OS/c1-11(19)18(9-7-12(16-2)8-10-18)15-17-13-5-3-4-6-14(13)20-15/h3-6,12,16H,7-10H2,1-2H3/q+1. The molecule has 0 bridgehead atoms. The van der Waals surface area contributed by atoms with E-state index in [1.165, 1.54) is 0 Å². The largest absolute Gasteiger partial charge is 0.317 e. The zero-order valence-corrected chi connectivity index (χ0v) is 12.7. The van der Waals surface area contributed by atoms with Gasteiger partial charge in [-0.2, -0.15) is 4.98 Å². The summed E-state index contributed by atoms with van der Waals surface area (Å²) < 4.78 is 1.58. The lowest BCUT2D eigenvalue weighted by Gasteiger charge is -2.38. The maximum atomic E-state index is 12.3. The van der Waals surface area contributed by atoms with E-state index in [2.05, 4.69) is 11.4 Å². The van der Waals surface area contributed by atoms with Crippen LogP contribution in [0.3, 0.4) is 0 Å². The van der Waals surface area contributed by atoms with E-state index in [0.29, 0.717) is 10.5 Å². The highest BCUT2D eigenvalue weighted by molar-refractivity contribution is 7.22. The van der Waals surface area contributed by atoms with Crippen LogP contribution in [0.25, 0.3) is 10.2 Å². The Balaban J connectivity index is 2.00. The fourth-order valence-electron chi connectivity index (χ4n) is 2.98. The molecule has 2 aromatic rings. The first-order valence-electron chi connectivity index (χ1n) is 7.07. The molecule has 1 aliphatic rings. The third kappa shape index (κ3) is 2.16. The van der Waals surface area contributed by atoms with Crippen molar-refractivity contribution in [3.63, 3.8) is 0 Å². The first-order valence-corrected chi connectivity index (χ1v) is 7.89. The van der Waals surface area contributed by atoms with E-state index >= 15 is 0 Å². The van der Waals surface area contributed by atoms with Crippen molar-refractivity contribution >= 4 is 32.6 Å². The number of hydrogen-bond donors (Lipinski definition) is 1. The summed E-state index contributed by atoms with van der Waals surface area (Å²) in [6.45, 7) is 3.40. The average Bonchev–Trinajstić information content (AvgIpc) is 2.91. The smallest absolute Gasteiger partial charge is 0.317 e. The number of piperidine rings is 1. The number of para-hydroxylation sites is 1. The molecule has 0 saturated carbocycles. The summed E-state index contributed by atoms with van der Waals surface area (Å²) in [5.74, 6) is 0.207. The van der Waals surface area contributed by atoms with Crippen molar-refractivity contribution in [2.24, 2.45) is 0 Å². The number of hydrogen-bond acceptors (Lipinski definition) is 4. The van der Waals surface area contributed by atoms with Crippen LogP contribution in [0, 0.1) is 0 Å². The molecule has 1 saturated heterocycles. The Morgan fingerprint density at radius 1 is 1.35 bits per heavy atom. The Morgan fingerprint density at radius 2 is 2.05 bits per heavy atom. The number of aromatic nitrogens is 1.